The molecule has 6 heteroatoms. The Labute approximate surface area is 317 Å². The standard InChI is InChI=1S/C49H30N6/c50-31-32-19-21-37(22-20-32)48-52-47(36-11-3-1-4-12-36)53-49(54-48)38-29-25-34(26-30-38)33-23-27-35(28-24-33)45-46-44(40-15-7-9-17-42(40)51-45)41-16-8-10-18-43(41)55(46)39-13-5-2-6-14-39/h1-30H. The Hall–Kier alpha value is -7.75. The van der Waals surface area contributed by atoms with Crippen LogP contribution in [-0.4, -0.2) is 24.5 Å². The van der Waals surface area contributed by atoms with Gasteiger partial charge in [-0.3, -0.25) is 0 Å². The monoisotopic (exact) mass is 702 g/mol. The van der Waals surface area contributed by atoms with Gasteiger partial charge in [0.05, 0.1) is 33.9 Å². The number of hydrogen-bond acceptors (Lipinski definition) is 5. The molecule has 0 saturated heterocycles. The van der Waals surface area contributed by atoms with Gasteiger partial charge in [-0.25, -0.2) is 19.9 Å². The average Bonchev–Trinajstić information content (AvgIpc) is 3.62. The molecular formula is C49H30N6. The minimum atomic E-state index is 0.552. The summed E-state index contributed by atoms with van der Waals surface area (Å²) in [4.78, 5) is 19.9. The summed E-state index contributed by atoms with van der Waals surface area (Å²) < 4.78 is 2.35. The Morgan fingerprint density at radius 3 is 1.49 bits per heavy atom. The van der Waals surface area contributed by atoms with Crippen LogP contribution in [0.15, 0.2) is 182 Å². The van der Waals surface area contributed by atoms with Crippen LogP contribution in [0.4, 0.5) is 0 Å². The topological polar surface area (TPSA) is 80.3 Å². The van der Waals surface area contributed by atoms with Crippen LogP contribution in [0.2, 0.25) is 0 Å². The Balaban J connectivity index is 1.05. The first-order chi connectivity index (χ1) is 27.2. The van der Waals surface area contributed by atoms with Crippen molar-refractivity contribution >= 4 is 32.7 Å². The molecule has 0 N–H and O–H groups in total. The van der Waals surface area contributed by atoms with Crippen molar-refractivity contribution in [2.24, 2.45) is 0 Å². The largest absolute Gasteiger partial charge is 0.307 e. The third kappa shape index (κ3) is 5.68. The SMILES string of the molecule is N#Cc1ccc(-c2nc(-c3ccccc3)nc(-c3ccc(-c4ccc(-c5nc6ccccc6c6c7ccccc7n(-c7ccccc7)c56)cc4)cc3)n2)cc1. The van der Waals surface area contributed by atoms with E-state index in [1.807, 2.05) is 42.5 Å². The van der Waals surface area contributed by atoms with Crippen molar-refractivity contribution in [3.8, 4) is 68.3 Å². The predicted octanol–water partition coefficient (Wildman–Crippen LogP) is 11.7. The van der Waals surface area contributed by atoms with Crippen LogP contribution in [0.1, 0.15) is 5.56 Å². The van der Waals surface area contributed by atoms with E-state index in [0.717, 1.165) is 66.7 Å². The zero-order valence-electron chi connectivity index (χ0n) is 29.5. The summed E-state index contributed by atoms with van der Waals surface area (Å²) in [6.45, 7) is 0. The quantitative estimate of drug-likeness (QED) is 0.172. The summed E-state index contributed by atoms with van der Waals surface area (Å²) >= 11 is 0. The smallest absolute Gasteiger partial charge is 0.164 e. The molecule has 3 aromatic heterocycles. The van der Waals surface area contributed by atoms with Crippen LogP contribution < -0.4 is 0 Å². The molecule has 0 aliphatic heterocycles. The van der Waals surface area contributed by atoms with Crippen LogP contribution in [0, 0.1) is 11.3 Å². The maximum atomic E-state index is 9.31. The van der Waals surface area contributed by atoms with E-state index in [-0.39, 0.29) is 0 Å². The lowest BCUT2D eigenvalue weighted by Crippen LogP contribution is -2.00. The zero-order valence-corrected chi connectivity index (χ0v) is 29.5. The normalized spacial score (nSPS) is 11.3. The lowest BCUT2D eigenvalue weighted by Gasteiger charge is -2.13. The van der Waals surface area contributed by atoms with Gasteiger partial charge in [0.25, 0.3) is 0 Å². The van der Waals surface area contributed by atoms with Crippen molar-refractivity contribution in [1.29, 1.82) is 5.26 Å². The molecule has 0 spiro atoms. The third-order valence-electron chi connectivity index (χ3n) is 10.1. The predicted molar refractivity (Wildman–Crippen MR) is 221 cm³/mol. The maximum absolute atomic E-state index is 9.31. The van der Waals surface area contributed by atoms with Gasteiger partial charge in [-0.15, -0.1) is 0 Å². The minimum absolute atomic E-state index is 0.552. The van der Waals surface area contributed by atoms with Gasteiger partial charge in [0.1, 0.15) is 0 Å². The van der Waals surface area contributed by atoms with Gasteiger partial charge in [0.15, 0.2) is 17.5 Å². The van der Waals surface area contributed by atoms with Crippen LogP contribution in [0.25, 0.3) is 94.9 Å². The van der Waals surface area contributed by atoms with Gasteiger partial charge in [-0.05, 0) is 59.7 Å². The van der Waals surface area contributed by atoms with Crippen LogP contribution in [-0.2, 0) is 0 Å². The molecule has 0 saturated carbocycles. The summed E-state index contributed by atoms with van der Waals surface area (Å²) in [5, 5.41) is 12.9. The molecule has 0 unspecified atom stereocenters. The molecule has 10 rings (SSSR count). The average molecular weight is 703 g/mol. The number of benzene rings is 7. The van der Waals surface area contributed by atoms with E-state index in [0.29, 0.717) is 23.0 Å². The number of nitrogens with zero attached hydrogens (tertiary/aromatic N) is 6. The number of rotatable bonds is 6. The molecule has 7 aromatic carbocycles. The highest BCUT2D eigenvalue weighted by atomic mass is 15.0. The highest BCUT2D eigenvalue weighted by Gasteiger charge is 2.20. The van der Waals surface area contributed by atoms with Gasteiger partial charge < -0.3 is 4.57 Å². The molecule has 0 amide bonds. The summed E-state index contributed by atoms with van der Waals surface area (Å²) in [5.74, 6) is 1.72. The third-order valence-corrected chi connectivity index (χ3v) is 10.1. The van der Waals surface area contributed by atoms with E-state index in [9.17, 15) is 5.26 Å². The first-order valence-electron chi connectivity index (χ1n) is 18.1. The van der Waals surface area contributed by atoms with E-state index in [2.05, 4.69) is 138 Å². The fraction of sp³-hybridized carbons (Fsp3) is 0. The number of pyridine rings is 1. The second-order valence-corrected chi connectivity index (χ2v) is 13.4. The molecule has 3 heterocycles. The maximum Gasteiger partial charge on any atom is 0.164 e. The van der Waals surface area contributed by atoms with E-state index in [4.69, 9.17) is 19.9 Å². The molecular weight excluding hydrogens is 673 g/mol. The highest BCUT2D eigenvalue weighted by Crippen LogP contribution is 2.41. The van der Waals surface area contributed by atoms with Crippen molar-refractivity contribution in [3.05, 3.63) is 188 Å². The number of fused-ring (bicyclic) bond motifs is 5. The second kappa shape index (κ2) is 13.3. The van der Waals surface area contributed by atoms with Gasteiger partial charge in [-0.1, -0.05) is 133 Å². The molecule has 10 aromatic rings. The van der Waals surface area contributed by atoms with E-state index < -0.39 is 0 Å². The first-order valence-corrected chi connectivity index (χ1v) is 18.1. The molecule has 0 bridgehead atoms. The molecule has 6 nitrogen and oxygen atoms in total. The van der Waals surface area contributed by atoms with Gasteiger partial charge in [-0.2, -0.15) is 5.26 Å². The van der Waals surface area contributed by atoms with Gasteiger partial charge in [0.2, 0.25) is 0 Å². The lowest BCUT2D eigenvalue weighted by atomic mass is 9.99. The molecule has 0 fully saturated rings. The zero-order chi connectivity index (χ0) is 36.7. The van der Waals surface area contributed by atoms with Crippen molar-refractivity contribution in [3.63, 3.8) is 0 Å². The van der Waals surface area contributed by atoms with Crippen LogP contribution in [0.3, 0.4) is 0 Å². The van der Waals surface area contributed by atoms with E-state index in [1.165, 1.54) is 10.8 Å². The number of hydrogen-bond donors (Lipinski definition) is 0. The summed E-state index contributed by atoms with van der Waals surface area (Å²) in [7, 11) is 0. The van der Waals surface area contributed by atoms with E-state index in [1.54, 1.807) is 12.1 Å². The molecule has 0 aliphatic rings. The lowest BCUT2D eigenvalue weighted by molar-refractivity contribution is 1.07. The van der Waals surface area contributed by atoms with Crippen molar-refractivity contribution in [2.75, 3.05) is 0 Å². The summed E-state index contributed by atoms with van der Waals surface area (Å²) in [5.41, 5.74) is 11.7. The molecule has 55 heavy (non-hydrogen) atoms. The Bertz CT molecular complexity index is 3050. The summed E-state index contributed by atoms with van der Waals surface area (Å²) in [6, 6.07) is 64.0. The Morgan fingerprint density at radius 2 is 0.873 bits per heavy atom. The van der Waals surface area contributed by atoms with E-state index >= 15 is 0 Å². The fourth-order valence-electron chi connectivity index (χ4n) is 7.42. The molecule has 0 aliphatic carbocycles. The second-order valence-electron chi connectivity index (χ2n) is 13.4. The van der Waals surface area contributed by atoms with Gasteiger partial charge in [0, 0.05) is 44.1 Å². The number of para-hydroxylation sites is 3. The number of nitriles is 1. The minimum Gasteiger partial charge on any atom is -0.307 e. The van der Waals surface area contributed by atoms with Gasteiger partial charge >= 0.3 is 0 Å². The Morgan fingerprint density at radius 1 is 0.400 bits per heavy atom. The van der Waals surface area contributed by atoms with Crippen LogP contribution in [0.5, 0.6) is 0 Å². The van der Waals surface area contributed by atoms with Crippen LogP contribution >= 0.6 is 0 Å². The number of aromatic nitrogens is 5. The van der Waals surface area contributed by atoms with Crippen molar-refractivity contribution in [1.82, 2.24) is 24.5 Å². The molecule has 0 radical (unpaired) electrons. The summed E-state index contributed by atoms with van der Waals surface area (Å²) in [6.07, 6.45) is 0. The molecule has 0 atom stereocenters. The Kier molecular flexibility index (Phi) is 7.75. The fourth-order valence-corrected chi connectivity index (χ4v) is 7.42. The van der Waals surface area contributed by atoms with Crippen molar-refractivity contribution < 1.29 is 0 Å². The van der Waals surface area contributed by atoms with Crippen molar-refractivity contribution in [2.45, 2.75) is 0 Å². The molecule has 256 valence electrons. The highest BCUT2D eigenvalue weighted by molar-refractivity contribution is 6.23. The first kappa shape index (κ1) is 31.9.